The molecule has 0 aromatic heterocycles. The molecule has 0 heterocycles. The van der Waals surface area contributed by atoms with Gasteiger partial charge >= 0.3 is 10.4 Å². The third-order valence-electron chi connectivity index (χ3n) is 3.57. The molecule has 14 heteroatoms. The van der Waals surface area contributed by atoms with E-state index in [4.69, 9.17) is 13.7 Å². The highest BCUT2D eigenvalue weighted by Crippen LogP contribution is 2.50. The van der Waals surface area contributed by atoms with E-state index in [1.54, 1.807) is 18.2 Å². The number of halogens is 7. The fourth-order valence-electron chi connectivity index (χ4n) is 2.32. The summed E-state index contributed by atoms with van der Waals surface area (Å²) in [7, 11) is -4.80. The lowest BCUT2D eigenvalue weighted by Crippen LogP contribution is -2.08. The fourth-order valence-corrected chi connectivity index (χ4v) is 6.81. The van der Waals surface area contributed by atoms with Crippen molar-refractivity contribution in [2.75, 3.05) is 0 Å². The Labute approximate surface area is 247 Å². The molecule has 0 aliphatic carbocycles. The molecule has 0 saturated heterocycles. The lowest BCUT2D eigenvalue weighted by Gasteiger charge is -2.18. The second-order valence-electron chi connectivity index (χ2n) is 5.82. The molecule has 3 aromatic rings. The van der Waals surface area contributed by atoms with Crippen LogP contribution in [0.1, 0.15) is 0 Å². The van der Waals surface area contributed by atoms with Crippen molar-refractivity contribution in [2.24, 2.45) is 0 Å². The first-order valence-corrected chi connectivity index (χ1v) is 15.2. The molecule has 0 atom stereocenters. The van der Waals surface area contributed by atoms with Crippen molar-refractivity contribution in [2.45, 2.75) is 0 Å². The van der Waals surface area contributed by atoms with Gasteiger partial charge in [0, 0.05) is 30.0 Å². The zero-order valence-electron chi connectivity index (χ0n) is 15.0. The highest BCUT2D eigenvalue weighted by Gasteiger charge is 2.23. The van der Waals surface area contributed by atoms with Crippen LogP contribution in [0.3, 0.4) is 0 Å². The van der Waals surface area contributed by atoms with E-state index in [0.717, 1.165) is 8.04 Å². The van der Waals surface area contributed by atoms with Crippen LogP contribution in [0.25, 0.3) is 0 Å². The Bertz CT molecular complexity index is 1320. The normalized spacial score (nSPS) is 11.4. The van der Waals surface area contributed by atoms with Gasteiger partial charge in [-0.25, -0.2) is 0 Å². The molecule has 170 valence electrons. The largest absolute Gasteiger partial charge is 0.451 e. The Hall–Kier alpha value is 0.580. The molecule has 0 unspecified atom stereocenters. The summed E-state index contributed by atoms with van der Waals surface area (Å²) in [5, 5.41) is 0. The van der Waals surface area contributed by atoms with Gasteiger partial charge < -0.3 is 13.7 Å². The topological polar surface area (TPSA) is 82.1 Å². The molecule has 0 fully saturated rings. The Morgan fingerprint density at radius 3 is 2.00 bits per heavy atom. The maximum absolute atomic E-state index is 11.4. The van der Waals surface area contributed by atoms with Crippen LogP contribution < -0.4 is 13.7 Å². The van der Waals surface area contributed by atoms with Crippen molar-refractivity contribution in [3.05, 3.63) is 66.8 Å². The lowest BCUT2D eigenvalue weighted by molar-refractivity contribution is 0.367. The summed E-state index contributed by atoms with van der Waals surface area (Å²) in [5.74, 6) is 0.870. The van der Waals surface area contributed by atoms with Gasteiger partial charge in [-0.1, -0.05) is 31.9 Å². The molecule has 32 heavy (non-hydrogen) atoms. The van der Waals surface area contributed by atoms with Crippen molar-refractivity contribution >= 4 is 129 Å². The van der Waals surface area contributed by atoms with Gasteiger partial charge in [-0.15, -0.1) is 0 Å². The second kappa shape index (κ2) is 11.1. The SMILES string of the molecule is O=S(=O)(O)Oc1cc(Br)cc(Br)c1Oc1cc(Br)c(Br)c(Br)c1Oc1ccc(Br)cc1I. The Morgan fingerprint density at radius 1 is 0.719 bits per heavy atom. The minimum atomic E-state index is -4.80. The van der Waals surface area contributed by atoms with Gasteiger partial charge in [0.1, 0.15) is 5.75 Å². The maximum atomic E-state index is 11.4. The molecule has 0 aliphatic rings. The van der Waals surface area contributed by atoms with Crippen molar-refractivity contribution in [3.63, 3.8) is 0 Å². The maximum Gasteiger partial charge on any atom is 0.446 e. The predicted octanol–water partition coefficient (Wildman–Crippen LogP) is 9.63. The monoisotopic (exact) mass is 951 g/mol. The fraction of sp³-hybridized carbons (Fsp3) is 0. The average molecular weight is 958 g/mol. The Kier molecular flexibility index (Phi) is 9.43. The molecular weight excluding hydrogens is 951 g/mol. The van der Waals surface area contributed by atoms with Crippen LogP contribution in [-0.4, -0.2) is 13.0 Å². The van der Waals surface area contributed by atoms with E-state index in [1.165, 1.54) is 6.07 Å². The summed E-state index contributed by atoms with van der Waals surface area (Å²) < 4.78 is 53.2. The molecule has 1 N–H and O–H groups in total. The third kappa shape index (κ3) is 6.83. The molecule has 3 aromatic carbocycles. The van der Waals surface area contributed by atoms with Crippen LogP contribution in [0.2, 0.25) is 0 Å². The number of rotatable bonds is 6. The van der Waals surface area contributed by atoms with E-state index in [-0.39, 0.29) is 17.2 Å². The van der Waals surface area contributed by atoms with Crippen molar-refractivity contribution in [1.82, 2.24) is 0 Å². The van der Waals surface area contributed by atoms with Crippen LogP contribution in [0.4, 0.5) is 0 Å². The number of hydrogen-bond acceptors (Lipinski definition) is 5. The summed E-state index contributed by atoms with van der Waals surface area (Å²) in [6.45, 7) is 0. The van der Waals surface area contributed by atoms with Gasteiger partial charge in [-0.2, -0.15) is 8.42 Å². The summed E-state index contributed by atoms with van der Waals surface area (Å²) in [4.78, 5) is 0. The molecule has 0 amide bonds. The Balaban J connectivity index is 2.15. The average Bonchev–Trinajstić information content (AvgIpc) is 2.66. The van der Waals surface area contributed by atoms with Gasteiger partial charge in [-0.3, -0.25) is 4.55 Å². The van der Waals surface area contributed by atoms with E-state index in [2.05, 4.69) is 118 Å². The lowest BCUT2D eigenvalue weighted by atomic mass is 10.3. The summed E-state index contributed by atoms with van der Waals surface area (Å²) in [6, 6.07) is 10.1. The predicted molar refractivity (Wildman–Crippen MR) is 151 cm³/mol. The number of ether oxygens (including phenoxy) is 2. The molecule has 0 saturated carbocycles. The van der Waals surface area contributed by atoms with E-state index in [1.807, 2.05) is 12.1 Å². The van der Waals surface area contributed by atoms with E-state index >= 15 is 0 Å². The van der Waals surface area contributed by atoms with Crippen molar-refractivity contribution < 1.29 is 26.6 Å². The number of hydrogen-bond donors (Lipinski definition) is 1. The second-order valence-corrected chi connectivity index (χ2v) is 13.1. The van der Waals surface area contributed by atoms with Crippen LogP contribution in [0.5, 0.6) is 28.7 Å². The molecule has 3 rings (SSSR count). The van der Waals surface area contributed by atoms with E-state index < -0.39 is 10.4 Å². The molecular formula is C18H7Br6IO6S. The smallest absolute Gasteiger partial charge is 0.446 e. The van der Waals surface area contributed by atoms with Crippen molar-refractivity contribution in [1.29, 1.82) is 0 Å². The first kappa shape index (κ1) is 27.2. The minimum absolute atomic E-state index is 0.00213. The van der Waals surface area contributed by atoms with Crippen LogP contribution in [-0.2, 0) is 10.4 Å². The van der Waals surface area contributed by atoms with Crippen molar-refractivity contribution in [3.8, 4) is 28.7 Å². The minimum Gasteiger partial charge on any atom is -0.451 e. The Morgan fingerprint density at radius 2 is 1.38 bits per heavy atom. The summed E-state index contributed by atoms with van der Waals surface area (Å²) in [5.41, 5.74) is 0. The first-order chi connectivity index (χ1) is 14.9. The third-order valence-corrected chi connectivity index (χ3v) is 9.61. The highest BCUT2D eigenvalue weighted by molar-refractivity contribution is 14.1. The molecule has 0 spiro atoms. The molecule has 6 nitrogen and oxygen atoms in total. The quantitative estimate of drug-likeness (QED) is 0.151. The van der Waals surface area contributed by atoms with Crippen LogP contribution >= 0.6 is 118 Å². The van der Waals surface area contributed by atoms with Gasteiger partial charge in [0.2, 0.25) is 0 Å². The van der Waals surface area contributed by atoms with Gasteiger partial charge in [0.25, 0.3) is 0 Å². The standard InChI is InChI=1S/C18H7Br6IO6S/c19-7-1-2-12(11(25)4-7)29-18-13(6-9(21)15(23)16(18)24)30-17-10(22)3-8(20)5-14(17)31-32(26,27)28/h1-6H,(H,26,27,28). The molecule has 0 radical (unpaired) electrons. The zero-order chi connectivity index (χ0) is 23.8. The zero-order valence-corrected chi connectivity index (χ0v) is 27.5. The van der Waals surface area contributed by atoms with Gasteiger partial charge in [-0.05, 0) is 111 Å². The van der Waals surface area contributed by atoms with Gasteiger partial charge in [0.05, 0.1) is 12.5 Å². The van der Waals surface area contributed by atoms with E-state index in [0.29, 0.717) is 33.9 Å². The van der Waals surface area contributed by atoms with Crippen LogP contribution in [0.15, 0.2) is 63.2 Å². The van der Waals surface area contributed by atoms with Crippen LogP contribution in [0, 0.1) is 3.57 Å². The number of benzene rings is 3. The molecule has 0 bridgehead atoms. The first-order valence-electron chi connectivity index (χ1n) is 8.00. The molecule has 0 aliphatic heterocycles. The summed E-state index contributed by atoms with van der Waals surface area (Å²) >= 11 is 22.6. The van der Waals surface area contributed by atoms with Gasteiger partial charge in [0.15, 0.2) is 23.0 Å². The van der Waals surface area contributed by atoms with E-state index in [9.17, 15) is 13.0 Å². The summed E-state index contributed by atoms with van der Waals surface area (Å²) in [6.07, 6.45) is 0. The highest BCUT2D eigenvalue weighted by atomic mass is 127.